The highest BCUT2D eigenvalue weighted by atomic mass is 16.5. The Labute approximate surface area is 241 Å². The highest BCUT2D eigenvalue weighted by Crippen LogP contribution is 2.44. The number of imidazole rings is 1. The molecular weight excluding hydrogens is 516 g/mol. The molecular formula is C33H38N4O4. The lowest BCUT2D eigenvalue weighted by Gasteiger charge is -2.21. The fourth-order valence-electron chi connectivity index (χ4n) is 5.78. The summed E-state index contributed by atoms with van der Waals surface area (Å²) in [5, 5.41) is 2.94. The number of allylic oxidation sites excluding steroid dienone is 2. The van der Waals surface area contributed by atoms with Crippen LogP contribution in [0, 0.1) is 5.92 Å². The molecule has 3 aromatic rings. The quantitative estimate of drug-likeness (QED) is 0.260. The highest BCUT2D eigenvalue weighted by Gasteiger charge is 2.29. The zero-order chi connectivity index (χ0) is 28.8. The van der Waals surface area contributed by atoms with Gasteiger partial charge in [-0.25, -0.2) is 14.6 Å². The molecule has 0 saturated carbocycles. The lowest BCUT2D eigenvalue weighted by molar-refractivity contribution is -0.134. The minimum absolute atomic E-state index is 0.0108. The van der Waals surface area contributed by atoms with Gasteiger partial charge in [0, 0.05) is 37.4 Å². The van der Waals surface area contributed by atoms with E-state index in [0.29, 0.717) is 6.42 Å². The normalized spacial score (nSPS) is 15.6. The van der Waals surface area contributed by atoms with Crippen LogP contribution in [0.3, 0.4) is 0 Å². The number of methoxy groups -OCH3 is 1. The van der Waals surface area contributed by atoms with Gasteiger partial charge in [-0.1, -0.05) is 74.5 Å². The van der Waals surface area contributed by atoms with Crippen LogP contribution in [0.25, 0.3) is 17.2 Å². The lowest BCUT2D eigenvalue weighted by Crippen LogP contribution is -2.30. The predicted octanol–water partition coefficient (Wildman–Crippen LogP) is 5.18. The van der Waals surface area contributed by atoms with E-state index in [1.165, 1.54) is 35.4 Å². The van der Waals surface area contributed by atoms with Crippen molar-refractivity contribution in [2.75, 3.05) is 33.4 Å². The first-order valence-electron chi connectivity index (χ1n) is 14.4. The van der Waals surface area contributed by atoms with Crippen LogP contribution in [0.15, 0.2) is 66.8 Å². The molecule has 2 aliphatic carbocycles. The topological polar surface area (TPSA) is 85.7 Å². The number of ether oxygens (including phenoxy) is 2. The molecule has 5 rings (SSSR count). The van der Waals surface area contributed by atoms with Gasteiger partial charge in [0.25, 0.3) is 0 Å². The van der Waals surface area contributed by atoms with E-state index < -0.39 is 6.09 Å². The molecule has 0 bridgehead atoms. The first kappa shape index (κ1) is 28.4. The maximum absolute atomic E-state index is 12.9. The average molecular weight is 555 g/mol. The van der Waals surface area contributed by atoms with Crippen LogP contribution in [-0.2, 0) is 33.8 Å². The minimum atomic E-state index is -0.461. The zero-order valence-corrected chi connectivity index (χ0v) is 24.0. The Morgan fingerprint density at radius 2 is 1.76 bits per heavy atom. The van der Waals surface area contributed by atoms with Crippen molar-refractivity contribution < 1.29 is 19.1 Å². The Kier molecular flexibility index (Phi) is 8.99. The smallest absolute Gasteiger partial charge is 0.407 e. The number of nitrogens with one attached hydrogen (secondary N) is 1. The number of esters is 1. The number of hydrogen-bond donors (Lipinski definition) is 1. The van der Waals surface area contributed by atoms with Gasteiger partial charge < -0.3 is 24.3 Å². The number of carbonyl (C=O) groups is 2. The fraction of sp³-hybridized carbons (Fsp3) is 0.364. The van der Waals surface area contributed by atoms with Crippen molar-refractivity contribution in [3.05, 3.63) is 95.1 Å². The van der Waals surface area contributed by atoms with Crippen LogP contribution in [-0.4, -0.2) is 59.9 Å². The Morgan fingerprint density at radius 3 is 2.41 bits per heavy atom. The fourth-order valence-corrected chi connectivity index (χ4v) is 5.78. The first-order valence-corrected chi connectivity index (χ1v) is 14.4. The van der Waals surface area contributed by atoms with E-state index in [9.17, 15) is 9.59 Å². The second-order valence-electron chi connectivity index (χ2n) is 10.3. The van der Waals surface area contributed by atoms with E-state index in [1.807, 2.05) is 30.3 Å². The van der Waals surface area contributed by atoms with Crippen LogP contribution in [0.4, 0.5) is 4.79 Å². The Hall–Kier alpha value is -4.17. The number of fused-ring (bicyclic) bond motifs is 4. The molecule has 41 heavy (non-hydrogen) atoms. The van der Waals surface area contributed by atoms with Gasteiger partial charge in [0.2, 0.25) is 0 Å². The summed E-state index contributed by atoms with van der Waals surface area (Å²) in [5.41, 5.74) is 6.77. The van der Waals surface area contributed by atoms with Gasteiger partial charge in [0.15, 0.2) is 0 Å². The third-order valence-electron chi connectivity index (χ3n) is 8.04. The largest absolute Gasteiger partial charge is 0.466 e. The molecule has 1 aromatic heterocycles. The Balaban J connectivity index is 1.26. The van der Waals surface area contributed by atoms with Gasteiger partial charge in [-0.3, -0.25) is 0 Å². The van der Waals surface area contributed by atoms with Gasteiger partial charge in [-0.15, -0.1) is 0 Å². The number of aromatic nitrogens is 2. The molecule has 0 aliphatic heterocycles. The van der Waals surface area contributed by atoms with Crippen LogP contribution in [0.1, 0.15) is 48.1 Å². The maximum atomic E-state index is 12.9. The predicted molar refractivity (Wildman–Crippen MR) is 159 cm³/mol. The average Bonchev–Trinajstić information content (AvgIpc) is 3.52. The zero-order valence-electron chi connectivity index (χ0n) is 24.0. The number of likely N-dealkylation sites (N-methyl/N-ethyl adjacent to an activating group) is 1. The molecule has 0 radical (unpaired) electrons. The molecule has 0 fully saturated rings. The molecule has 1 atom stereocenters. The van der Waals surface area contributed by atoms with Gasteiger partial charge in [-0.05, 0) is 41.4 Å². The molecule has 1 amide bonds. The third-order valence-corrected chi connectivity index (χ3v) is 8.04. The number of amides is 1. The second kappa shape index (κ2) is 13.0. The summed E-state index contributed by atoms with van der Waals surface area (Å²) in [6.07, 6.45) is 7.66. The second-order valence-corrected chi connectivity index (χ2v) is 10.3. The Bertz CT molecular complexity index is 1410. The van der Waals surface area contributed by atoms with Crippen molar-refractivity contribution in [1.82, 2.24) is 19.8 Å². The maximum Gasteiger partial charge on any atom is 0.407 e. The molecule has 1 heterocycles. The number of benzene rings is 2. The summed E-state index contributed by atoms with van der Waals surface area (Å²) in [5.74, 6) is 0.479. The van der Waals surface area contributed by atoms with Crippen LogP contribution in [0.5, 0.6) is 0 Å². The van der Waals surface area contributed by atoms with E-state index in [2.05, 4.69) is 65.0 Å². The van der Waals surface area contributed by atoms with Crippen molar-refractivity contribution in [3.8, 4) is 11.1 Å². The number of hydrogen-bond acceptors (Lipinski definition) is 6. The molecule has 2 aliphatic rings. The molecule has 8 nitrogen and oxygen atoms in total. The van der Waals surface area contributed by atoms with Crippen molar-refractivity contribution in [2.24, 2.45) is 5.92 Å². The molecule has 0 saturated heterocycles. The number of alkyl carbamates (subject to hydrolysis) is 1. The van der Waals surface area contributed by atoms with E-state index in [1.54, 1.807) is 0 Å². The standard InChI is InChI=1S/C33H38N4O4/c1-4-36(5-2)18-19-37-30-16-14-23(15-17-32(38)40-3)20-29(30)35-31(37)21-34-33(39)41-22-28-26-12-8-6-10-24(26)25-11-7-9-13-27(25)28/h6-17,23,28H,4-5,18-22H2,1-3H3,(H,34,39)/b17-15+. The van der Waals surface area contributed by atoms with Gasteiger partial charge in [0.05, 0.1) is 25.0 Å². The summed E-state index contributed by atoms with van der Waals surface area (Å²) in [4.78, 5) is 31.7. The molecule has 0 spiro atoms. The minimum Gasteiger partial charge on any atom is -0.466 e. The summed E-state index contributed by atoms with van der Waals surface area (Å²) < 4.78 is 12.7. The van der Waals surface area contributed by atoms with E-state index in [0.717, 1.165) is 43.4 Å². The number of nitrogens with zero attached hydrogens (tertiary/aromatic N) is 3. The van der Waals surface area contributed by atoms with E-state index in [-0.39, 0.29) is 31.0 Å². The van der Waals surface area contributed by atoms with Crippen molar-refractivity contribution in [1.29, 1.82) is 0 Å². The number of carbonyl (C=O) groups excluding carboxylic acids is 2. The van der Waals surface area contributed by atoms with Crippen LogP contribution < -0.4 is 5.32 Å². The SMILES string of the molecule is CCN(CC)CCn1c(CNC(=O)OCC2c3ccccc3-c3ccccc32)nc2c1C=CC(/C=C/C(=O)OC)C2. The van der Waals surface area contributed by atoms with E-state index in [4.69, 9.17) is 14.5 Å². The molecule has 1 N–H and O–H groups in total. The van der Waals surface area contributed by atoms with Gasteiger partial charge in [-0.2, -0.15) is 0 Å². The van der Waals surface area contributed by atoms with Crippen molar-refractivity contribution in [3.63, 3.8) is 0 Å². The number of rotatable bonds is 11. The van der Waals surface area contributed by atoms with Gasteiger partial charge >= 0.3 is 12.1 Å². The van der Waals surface area contributed by atoms with Gasteiger partial charge in [0.1, 0.15) is 12.4 Å². The first-order chi connectivity index (χ1) is 20.0. The van der Waals surface area contributed by atoms with E-state index >= 15 is 0 Å². The lowest BCUT2D eigenvalue weighted by atomic mass is 9.96. The van der Waals surface area contributed by atoms with Crippen molar-refractivity contribution in [2.45, 2.75) is 39.3 Å². The summed E-state index contributed by atoms with van der Waals surface area (Å²) in [6, 6.07) is 16.6. The molecule has 1 unspecified atom stereocenters. The summed E-state index contributed by atoms with van der Waals surface area (Å²) >= 11 is 0. The molecule has 214 valence electrons. The van der Waals surface area contributed by atoms with Crippen LogP contribution >= 0.6 is 0 Å². The third kappa shape index (κ3) is 6.28. The van der Waals surface area contributed by atoms with Crippen LogP contribution in [0.2, 0.25) is 0 Å². The summed E-state index contributed by atoms with van der Waals surface area (Å²) in [7, 11) is 1.37. The molecule has 2 aromatic carbocycles. The Morgan fingerprint density at radius 1 is 1.07 bits per heavy atom. The summed E-state index contributed by atoms with van der Waals surface area (Å²) in [6.45, 7) is 8.43. The van der Waals surface area contributed by atoms with Crippen molar-refractivity contribution >= 4 is 18.1 Å². The highest BCUT2D eigenvalue weighted by molar-refractivity contribution is 5.82. The molecule has 8 heteroatoms. The monoisotopic (exact) mass is 554 g/mol.